The Morgan fingerprint density at radius 1 is 0.947 bits per heavy atom. The summed E-state index contributed by atoms with van der Waals surface area (Å²) in [5, 5.41) is 0. The molecule has 0 saturated heterocycles. The smallest absolute Gasteiger partial charge is 0.0664 e. The van der Waals surface area contributed by atoms with E-state index in [1.165, 1.54) is 51.4 Å². The third kappa shape index (κ3) is 2.57. The van der Waals surface area contributed by atoms with Crippen LogP contribution in [0, 0.1) is 5.41 Å². The van der Waals surface area contributed by atoms with Crippen LogP contribution in [-0.2, 0) is 9.47 Å². The van der Waals surface area contributed by atoms with Crippen LogP contribution < -0.4 is 5.73 Å². The van der Waals surface area contributed by atoms with Gasteiger partial charge in [0.05, 0.1) is 18.3 Å². The minimum atomic E-state index is 0.332. The number of hydrogen-bond acceptors (Lipinski definition) is 3. The van der Waals surface area contributed by atoms with Crippen LogP contribution in [0.5, 0.6) is 0 Å². The van der Waals surface area contributed by atoms with Gasteiger partial charge in [0.1, 0.15) is 0 Å². The summed E-state index contributed by atoms with van der Waals surface area (Å²) in [4.78, 5) is 0. The van der Waals surface area contributed by atoms with Crippen LogP contribution in [0.4, 0.5) is 0 Å². The first kappa shape index (κ1) is 13.8. The minimum Gasteiger partial charge on any atom is -0.381 e. The number of nitrogens with two attached hydrogens (primary N) is 1. The van der Waals surface area contributed by atoms with E-state index in [9.17, 15) is 0 Å². The second kappa shape index (κ2) is 5.71. The van der Waals surface area contributed by atoms with E-state index in [-0.39, 0.29) is 0 Å². The lowest BCUT2D eigenvalue weighted by Crippen LogP contribution is -2.63. The highest BCUT2D eigenvalue weighted by atomic mass is 16.5. The minimum absolute atomic E-state index is 0.332. The maximum atomic E-state index is 6.46. The Morgan fingerprint density at radius 2 is 1.68 bits per heavy atom. The van der Waals surface area contributed by atoms with Crippen molar-refractivity contribution in [3.8, 4) is 0 Å². The first-order valence-electron chi connectivity index (χ1n) is 8.18. The van der Waals surface area contributed by atoms with E-state index >= 15 is 0 Å². The van der Waals surface area contributed by atoms with Crippen molar-refractivity contribution in [1.29, 1.82) is 0 Å². The molecule has 4 atom stereocenters. The van der Waals surface area contributed by atoms with Gasteiger partial charge in [-0.3, -0.25) is 0 Å². The summed E-state index contributed by atoms with van der Waals surface area (Å²) in [6.45, 7) is 0. The first-order chi connectivity index (χ1) is 9.24. The van der Waals surface area contributed by atoms with Gasteiger partial charge in [-0.2, -0.15) is 0 Å². The van der Waals surface area contributed by atoms with Gasteiger partial charge in [0.15, 0.2) is 0 Å². The van der Waals surface area contributed by atoms with Crippen molar-refractivity contribution in [3.05, 3.63) is 0 Å². The summed E-state index contributed by atoms with van der Waals surface area (Å²) in [5.74, 6) is 0. The summed E-state index contributed by atoms with van der Waals surface area (Å²) in [7, 11) is 1.83. The Balaban J connectivity index is 1.57. The molecule has 0 aliphatic heterocycles. The van der Waals surface area contributed by atoms with Gasteiger partial charge in [-0.25, -0.2) is 0 Å². The van der Waals surface area contributed by atoms with Gasteiger partial charge < -0.3 is 15.2 Å². The van der Waals surface area contributed by atoms with Gasteiger partial charge in [-0.15, -0.1) is 0 Å². The molecule has 0 aromatic heterocycles. The van der Waals surface area contributed by atoms with E-state index in [0.29, 0.717) is 29.8 Å². The molecule has 19 heavy (non-hydrogen) atoms. The van der Waals surface area contributed by atoms with Gasteiger partial charge in [-0.05, 0) is 44.9 Å². The predicted octanol–water partition coefficient (Wildman–Crippen LogP) is 3.01. The van der Waals surface area contributed by atoms with Crippen LogP contribution in [0.1, 0.15) is 64.2 Å². The molecule has 0 bridgehead atoms. The molecule has 0 heterocycles. The molecule has 3 aliphatic rings. The molecule has 4 unspecified atom stereocenters. The standard InChI is InChI=1S/C16H29NO2/c1-18-12-6-5-7-13(10-12)19-15-11-14(17)16(15)8-3-2-4-9-16/h12-15H,2-11,17H2,1H3. The monoisotopic (exact) mass is 267 g/mol. The predicted molar refractivity (Wildman–Crippen MR) is 76.0 cm³/mol. The molecule has 0 aromatic carbocycles. The molecular formula is C16H29NO2. The number of ether oxygens (including phenoxy) is 2. The maximum absolute atomic E-state index is 6.46. The molecule has 1 spiro atoms. The lowest BCUT2D eigenvalue weighted by Gasteiger charge is -2.57. The van der Waals surface area contributed by atoms with E-state index in [1.54, 1.807) is 0 Å². The fraction of sp³-hybridized carbons (Fsp3) is 1.00. The summed E-state index contributed by atoms with van der Waals surface area (Å²) >= 11 is 0. The summed E-state index contributed by atoms with van der Waals surface area (Å²) < 4.78 is 12.0. The molecule has 3 rings (SSSR count). The van der Waals surface area contributed by atoms with E-state index in [1.807, 2.05) is 7.11 Å². The summed E-state index contributed by atoms with van der Waals surface area (Å²) in [5.41, 5.74) is 6.66. The van der Waals surface area contributed by atoms with E-state index in [0.717, 1.165) is 12.8 Å². The Bertz CT molecular complexity index is 301. The van der Waals surface area contributed by atoms with E-state index in [2.05, 4.69) is 0 Å². The normalized spacial score (nSPS) is 42.0. The largest absolute Gasteiger partial charge is 0.381 e. The molecule has 3 aliphatic carbocycles. The molecular weight excluding hydrogens is 238 g/mol. The Hall–Kier alpha value is -0.120. The van der Waals surface area contributed by atoms with E-state index in [4.69, 9.17) is 15.2 Å². The molecule has 110 valence electrons. The van der Waals surface area contributed by atoms with Crippen LogP contribution in [0.2, 0.25) is 0 Å². The zero-order valence-electron chi connectivity index (χ0n) is 12.3. The van der Waals surface area contributed by atoms with Crippen molar-refractivity contribution in [3.63, 3.8) is 0 Å². The average Bonchev–Trinajstić information content (AvgIpc) is 2.48. The second-order valence-electron chi connectivity index (χ2n) is 6.91. The second-order valence-corrected chi connectivity index (χ2v) is 6.91. The Morgan fingerprint density at radius 3 is 2.37 bits per heavy atom. The van der Waals surface area contributed by atoms with Gasteiger partial charge in [0.2, 0.25) is 0 Å². The molecule has 3 fully saturated rings. The maximum Gasteiger partial charge on any atom is 0.0664 e. The fourth-order valence-corrected chi connectivity index (χ4v) is 4.54. The third-order valence-electron chi connectivity index (χ3n) is 5.90. The fourth-order valence-electron chi connectivity index (χ4n) is 4.54. The third-order valence-corrected chi connectivity index (χ3v) is 5.90. The lowest BCUT2D eigenvalue weighted by molar-refractivity contribution is -0.181. The topological polar surface area (TPSA) is 44.5 Å². The highest BCUT2D eigenvalue weighted by Gasteiger charge is 2.54. The number of methoxy groups -OCH3 is 1. The Labute approximate surface area is 117 Å². The van der Waals surface area contributed by atoms with Gasteiger partial charge >= 0.3 is 0 Å². The van der Waals surface area contributed by atoms with Crippen LogP contribution >= 0.6 is 0 Å². The van der Waals surface area contributed by atoms with Crippen molar-refractivity contribution >= 4 is 0 Å². The van der Waals surface area contributed by atoms with Gasteiger partial charge in [-0.1, -0.05) is 19.3 Å². The highest BCUT2D eigenvalue weighted by molar-refractivity contribution is 5.07. The van der Waals surface area contributed by atoms with Crippen molar-refractivity contribution < 1.29 is 9.47 Å². The van der Waals surface area contributed by atoms with Gasteiger partial charge in [0, 0.05) is 18.6 Å². The van der Waals surface area contributed by atoms with Crippen molar-refractivity contribution in [2.24, 2.45) is 11.1 Å². The molecule has 0 radical (unpaired) electrons. The Kier molecular flexibility index (Phi) is 4.16. The summed E-state index contributed by atoms with van der Waals surface area (Å²) in [6, 6.07) is 0.389. The molecule has 3 heteroatoms. The van der Waals surface area contributed by atoms with Crippen LogP contribution in [0.25, 0.3) is 0 Å². The molecule has 0 aromatic rings. The van der Waals surface area contributed by atoms with E-state index < -0.39 is 0 Å². The number of hydrogen-bond donors (Lipinski definition) is 1. The van der Waals surface area contributed by atoms with Gasteiger partial charge in [0.25, 0.3) is 0 Å². The highest BCUT2D eigenvalue weighted by Crippen LogP contribution is 2.53. The average molecular weight is 267 g/mol. The molecule has 3 nitrogen and oxygen atoms in total. The van der Waals surface area contributed by atoms with Crippen LogP contribution in [-0.4, -0.2) is 31.5 Å². The molecule has 0 amide bonds. The van der Waals surface area contributed by atoms with Crippen molar-refractivity contribution in [1.82, 2.24) is 0 Å². The van der Waals surface area contributed by atoms with Crippen LogP contribution in [0.15, 0.2) is 0 Å². The van der Waals surface area contributed by atoms with Crippen LogP contribution in [0.3, 0.4) is 0 Å². The SMILES string of the molecule is COC1CCCC(OC2CC(N)C23CCCCC3)C1. The molecule has 3 saturated carbocycles. The zero-order chi connectivity index (χ0) is 13.3. The first-order valence-corrected chi connectivity index (χ1v) is 8.18. The quantitative estimate of drug-likeness (QED) is 0.855. The van der Waals surface area contributed by atoms with Crippen molar-refractivity contribution in [2.45, 2.75) is 88.6 Å². The zero-order valence-corrected chi connectivity index (χ0v) is 12.3. The summed E-state index contributed by atoms with van der Waals surface area (Å²) in [6.07, 6.45) is 13.7. The van der Waals surface area contributed by atoms with Crippen molar-refractivity contribution in [2.75, 3.05) is 7.11 Å². The number of rotatable bonds is 3. The lowest BCUT2D eigenvalue weighted by atomic mass is 9.55. The molecule has 2 N–H and O–H groups in total.